The second kappa shape index (κ2) is 6.29. The molecular formula is C14H18N4O2. The van der Waals surface area contributed by atoms with Crippen molar-refractivity contribution in [1.82, 2.24) is 15.1 Å². The molecule has 0 radical (unpaired) electrons. The summed E-state index contributed by atoms with van der Waals surface area (Å²) in [7, 11) is 0. The second-order valence-electron chi connectivity index (χ2n) is 4.75. The van der Waals surface area contributed by atoms with Crippen molar-refractivity contribution in [3.8, 4) is 0 Å². The minimum absolute atomic E-state index is 0.0601. The number of nitro benzene ring substituents is 1. The average Bonchev–Trinajstić information content (AvgIpc) is 2.92. The summed E-state index contributed by atoms with van der Waals surface area (Å²) in [6.45, 7) is 5.27. The first-order valence-corrected chi connectivity index (χ1v) is 6.53. The predicted octanol–water partition coefficient (Wildman–Crippen LogP) is 2.45. The SMILES string of the molecule is Cc1ccc(C(C)NCCn2cccn2)cc1[N+](=O)[O-]. The molecule has 0 bridgehead atoms. The molecule has 6 nitrogen and oxygen atoms in total. The number of nitrogens with one attached hydrogen (secondary N) is 1. The standard InChI is InChI=1S/C14H18N4O2/c1-11-4-5-13(10-14(11)18(19)20)12(2)15-7-9-17-8-3-6-16-17/h3-6,8,10,12,15H,7,9H2,1-2H3. The van der Waals surface area contributed by atoms with Gasteiger partial charge < -0.3 is 5.32 Å². The molecule has 0 aliphatic rings. The molecule has 0 amide bonds. The van der Waals surface area contributed by atoms with Crippen LogP contribution in [-0.4, -0.2) is 21.2 Å². The quantitative estimate of drug-likeness (QED) is 0.648. The minimum atomic E-state index is -0.338. The highest BCUT2D eigenvalue weighted by Gasteiger charge is 2.13. The van der Waals surface area contributed by atoms with Gasteiger partial charge in [0, 0.05) is 36.6 Å². The maximum atomic E-state index is 10.9. The molecule has 2 rings (SSSR count). The molecule has 1 heterocycles. The molecule has 1 unspecified atom stereocenters. The van der Waals surface area contributed by atoms with Crippen molar-refractivity contribution in [3.05, 3.63) is 57.9 Å². The van der Waals surface area contributed by atoms with E-state index in [-0.39, 0.29) is 16.7 Å². The van der Waals surface area contributed by atoms with Gasteiger partial charge in [-0.3, -0.25) is 14.8 Å². The molecule has 1 aromatic heterocycles. The molecule has 0 fully saturated rings. The van der Waals surface area contributed by atoms with Crippen LogP contribution in [0.4, 0.5) is 5.69 Å². The summed E-state index contributed by atoms with van der Waals surface area (Å²) in [6.07, 6.45) is 3.65. The van der Waals surface area contributed by atoms with Gasteiger partial charge in [-0.1, -0.05) is 12.1 Å². The van der Waals surface area contributed by atoms with E-state index in [1.807, 2.05) is 29.9 Å². The third-order valence-corrected chi connectivity index (χ3v) is 3.28. The Morgan fingerprint density at radius 2 is 2.30 bits per heavy atom. The van der Waals surface area contributed by atoms with Gasteiger partial charge in [0.15, 0.2) is 0 Å². The third-order valence-electron chi connectivity index (χ3n) is 3.28. The van der Waals surface area contributed by atoms with Gasteiger partial charge in [0.25, 0.3) is 5.69 Å². The monoisotopic (exact) mass is 274 g/mol. The molecule has 1 N–H and O–H groups in total. The molecule has 0 saturated heterocycles. The smallest absolute Gasteiger partial charge is 0.272 e. The summed E-state index contributed by atoms with van der Waals surface area (Å²) in [5.41, 5.74) is 1.77. The van der Waals surface area contributed by atoms with Crippen molar-refractivity contribution in [2.24, 2.45) is 0 Å². The first kappa shape index (κ1) is 14.2. The summed E-state index contributed by atoms with van der Waals surface area (Å²) < 4.78 is 1.84. The van der Waals surface area contributed by atoms with Gasteiger partial charge in [-0.25, -0.2) is 0 Å². The van der Waals surface area contributed by atoms with E-state index in [1.165, 1.54) is 0 Å². The van der Waals surface area contributed by atoms with Gasteiger partial charge in [0.05, 0.1) is 11.5 Å². The zero-order valence-corrected chi connectivity index (χ0v) is 11.6. The molecule has 0 saturated carbocycles. The Morgan fingerprint density at radius 3 is 2.95 bits per heavy atom. The van der Waals surface area contributed by atoms with Crippen LogP contribution < -0.4 is 5.32 Å². The van der Waals surface area contributed by atoms with Crippen LogP contribution >= 0.6 is 0 Å². The maximum absolute atomic E-state index is 10.9. The van der Waals surface area contributed by atoms with Gasteiger partial charge in [-0.05, 0) is 25.5 Å². The van der Waals surface area contributed by atoms with Crippen LogP contribution in [0.15, 0.2) is 36.7 Å². The Balaban J connectivity index is 1.96. The van der Waals surface area contributed by atoms with E-state index in [1.54, 1.807) is 25.3 Å². The van der Waals surface area contributed by atoms with Crippen molar-refractivity contribution in [3.63, 3.8) is 0 Å². The average molecular weight is 274 g/mol. The van der Waals surface area contributed by atoms with Crippen LogP contribution in [0, 0.1) is 17.0 Å². The number of nitro groups is 1. The first-order valence-electron chi connectivity index (χ1n) is 6.53. The molecule has 106 valence electrons. The van der Waals surface area contributed by atoms with E-state index in [2.05, 4.69) is 10.4 Å². The highest BCUT2D eigenvalue weighted by molar-refractivity contribution is 5.43. The first-order chi connectivity index (χ1) is 9.58. The number of benzene rings is 1. The highest BCUT2D eigenvalue weighted by Crippen LogP contribution is 2.22. The fourth-order valence-corrected chi connectivity index (χ4v) is 2.04. The predicted molar refractivity (Wildman–Crippen MR) is 76.5 cm³/mol. The van der Waals surface area contributed by atoms with Crippen LogP contribution in [-0.2, 0) is 6.54 Å². The zero-order valence-electron chi connectivity index (χ0n) is 11.6. The number of nitrogens with zero attached hydrogens (tertiary/aromatic N) is 3. The third kappa shape index (κ3) is 3.42. The molecule has 2 aromatic rings. The molecule has 1 atom stereocenters. The Kier molecular flexibility index (Phi) is 4.47. The van der Waals surface area contributed by atoms with E-state index in [0.717, 1.165) is 18.7 Å². The molecule has 20 heavy (non-hydrogen) atoms. The lowest BCUT2D eigenvalue weighted by Crippen LogP contribution is -2.23. The second-order valence-corrected chi connectivity index (χ2v) is 4.75. The summed E-state index contributed by atoms with van der Waals surface area (Å²) in [5.74, 6) is 0. The molecule has 0 aliphatic heterocycles. The number of aryl methyl sites for hydroxylation is 1. The van der Waals surface area contributed by atoms with Crippen LogP contribution in [0.1, 0.15) is 24.1 Å². The van der Waals surface area contributed by atoms with Crippen LogP contribution in [0.25, 0.3) is 0 Å². The van der Waals surface area contributed by atoms with Crippen molar-refractivity contribution in [2.45, 2.75) is 26.4 Å². The Hall–Kier alpha value is -2.21. The van der Waals surface area contributed by atoms with Crippen molar-refractivity contribution in [2.75, 3.05) is 6.54 Å². The molecule has 1 aromatic carbocycles. The van der Waals surface area contributed by atoms with Gasteiger partial charge >= 0.3 is 0 Å². The lowest BCUT2D eigenvalue weighted by atomic mass is 10.0. The normalized spacial score (nSPS) is 12.3. The van der Waals surface area contributed by atoms with Crippen LogP contribution in [0.2, 0.25) is 0 Å². The Morgan fingerprint density at radius 1 is 1.50 bits per heavy atom. The van der Waals surface area contributed by atoms with E-state index < -0.39 is 0 Å². The number of hydrogen-bond acceptors (Lipinski definition) is 4. The summed E-state index contributed by atoms with van der Waals surface area (Å²) in [5, 5.41) is 18.4. The van der Waals surface area contributed by atoms with Crippen LogP contribution in [0.5, 0.6) is 0 Å². The van der Waals surface area contributed by atoms with Crippen molar-refractivity contribution in [1.29, 1.82) is 0 Å². The fraction of sp³-hybridized carbons (Fsp3) is 0.357. The van der Waals surface area contributed by atoms with E-state index in [4.69, 9.17) is 0 Å². The molecule has 0 spiro atoms. The van der Waals surface area contributed by atoms with E-state index in [0.29, 0.717) is 5.56 Å². The van der Waals surface area contributed by atoms with Crippen molar-refractivity contribution >= 4 is 5.69 Å². The Bertz CT molecular complexity index is 581. The number of rotatable bonds is 6. The number of aromatic nitrogens is 2. The Labute approximate surface area is 117 Å². The van der Waals surface area contributed by atoms with Gasteiger partial charge in [0.2, 0.25) is 0 Å². The molecule has 0 aliphatic carbocycles. The number of hydrogen-bond donors (Lipinski definition) is 1. The summed E-state index contributed by atoms with van der Waals surface area (Å²) in [6, 6.07) is 7.30. The highest BCUT2D eigenvalue weighted by atomic mass is 16.6. The van der Waals surface area contributed by atoms with Crippen molar-refractivity contribution < 1.29 is 4.92 Å². The largest absolute Gasteiger partial charge is 0.308 e. The van der Waals surface area contributed by atoms with Gasteiger partial charge in [0.1, 0.15) is 0 Å². The molecular weight excluding hydrogens is 256 g/mol. The lowest BCUT2D eigenvalue weighted by Gasteiger charge is -2.14. The minimum Gasteiger partial charge on any atom is -0.308 e. The molecule has 6 heteroatoms. The van der Waals surface area contributed by atoms with E-state index >= 15 is 0 Å². The van der Waals surface area contributed by atoms with Gasteiger partial charge in [-0.2, -0.15) is 5.10 Å². The van der Waals surface area contributed by atoms with Gasteiger partial charge in [-0.15, -0.1) is 0 Å². The lowest BCUT2D eigenvalue weighted by molar-refractivity contribution is -0.385. The van der Waals surface area contributed by atoms with E-state index in [9.17, 15) is 10.1 Å². The fourth-order valence-electron chi connectivity index (χ4n) is 2.04. The summed E-state index contributed by atoms with van der Waals surface area (Å²) in [4.78, 5) is 10.6. The summed E-state index contributed by atoms with van der Waals surface area (Å²) >= 11 is 0. The zero-order chi connectivity index (χ0) is 14.5. The topological polar surface area (TPSA) is 73.0 Å². The maximum Gasteiger partial charge on any atom is 0.272 e. The van der Waals surface area contributed by atoms with Crippen LogP contribution in [0.3, 0.4) is 0 Å².